The predicted molar refractivity (Wildman–Crippen MR) is 80.9 cm³/mol. The van der Waals surface area contributed by atoms with E-state index in [4.69, 9.17) is 4.74 Å². The Balaban J connectivity index is 1.85. The first kappa shape index (κ1) is 14.4. The molecule has 2 atom stereocenters. The maximum absolute atomic E-state index is 6.05. The van der Waals surface area contributed by atoms with E-state index in [0.29, 0.717) is 5.92 Å². The van der Waals surface area contributed by atoms with Crippen molar-refractivity contribution in [3.8, 4) is 5.75 Å². The third kappa shape index (κ3) is 4.54. The summed E-state index contributed by atoms with van der Waals surface area (Å²) in [6, 6.07) is 9.38. The van der Waals surface area contributed by atoms with E-state index in [0.717, 1.165) is 24.8 Å². The van der Waals surface area contributed by atoms with Crippen LogP contribution in [0.4, 0.5) is 0 Å². The highest BCUT2D eigenvalue weighted by Gasteiger charge is 2.21. The summed E-state index contributed by atoms with van der Waals surface area (Å²) in [5.74, 6) is 1.63. The number of hydrogen-bond acceptors (Lipinski definition) is 2. The Labute approximate surface area is 117 Å². The van der Waals surface area contributed by atoms with E-state index in [1.54, 1.807) is 0 Å². The Kier molecular flexibility index (Phi) is 5.26. The Morgan fingerprint density at radius 1 is 1.16 bits per heavy atom. The van der Waals surface area contributed by atoms with Gasteiger partial charge in [0.2, 0.25) is 0 Å². The molecule has 1 aromatic rings. The fourth-order valence-corrected chi connectivity index (χ4v) is 2.16. The van der Waals surface area contributed by atoms with Crippen molar-refractivity contribution in [1.82, 2.24) is 5.32 Å². The first-order chi connectivity index (χ1) is 9.22. The summed E-state index contributed by atoms with van der Waals surface area (Å²) in [5.41, 5.74) is 1.40. The Morgan fingerprint density at radius 3 is 2.37 bits per heavy atom. The summed E-state index contributed by atoms with van der Waals surface area (Å²) in [6.45, 7) is 7.65. The first-order valence-electron chi connectivity index (χ1n) is 7.72. The van der Waals surface area contributed by atoms with Crippen LogP contribution < -0.4 is 10.1 Å². The zero-order chi connectivity index (χ0) is 13.7. The molecule has 0 spiro atoms. The van der Waals surface area contributed by atoms with Crippen LogP contribution in [0.25, 0.3) is 0 Å². The molecule has 0 amide bonds. The topological polar surface area (TPSA) is 21.3 Å². The molecule has 1 aromatic carbocycles. The second-order valence-corrected chi connectivity index (χ2v) is 5.71. The highest BCUT2D eigenvalue weighted by molar-refractivity contribution is 5.29. The molecule has 1 aliphatic rings. The lowest BCUT2D eigenvalue weighted by Gasteiger charge is -2.19. The minimum Gasteiger partial charge on any atom is -0.489 e. The molecule has 106 valence electrons. The fraction of sp³-hybridized carbons (Fsp3) is 0.647. The Hall–Kier alpha value is -1.02. The molecule has 1 N–H and O–H groups in total. The SMILES string of the molecule is CCC(CNC1CC1)Oc1ccc(C(C)CC)cc1. The summed E-state index contributed by atoms with van der Waals surface area (Å²) in [7, 11) is 0. The summed E-state index contributed by atoms with van der Waals surface area (Å²) < 4.78 is 6.05. The van der Waals surface area contributed by atoms with Gasteiger partial charge in [-0.1, -0.05) is 32.9 Å². The lowest BCUT2D eigenvalue weighted by molar-refractivity contribution is 0.193. The average Bonchev–Trinajstić information content (AvgIpc) is 3.27. The smallest absolute Gasteiger partial charge is 0.119 e. The van der Waals surface area contributed by atoms with Crippen molar-refractivity contribution < 1.29 is 4.74 Å². The number of nitrogens with one attached hydrogen (secondary N) is 1. The molecule has 1 aliphatic carbocycles. The highest BCUT2D eigenvalue weighted by Crippen LogP contribution is 2.23. The second-order valence-electron chi connectivity index (χ2n) is 5.71. The maximum Gasteiger partial charge on any atom is 0.119 e. The summed E-state index contributed by atoms with van der Waals surface area (Å²) in [5, 5.41) is 3.54. The van der Waals surface area contributed by atoms with Crippen molar-refractivity contribution in [2.45, 2.75) is 64.5 Å². The minimum absolute atomic E-state index is 0.287. The molecule has 0 radical (unpaired) electrons. The number of hydrogen-bond donors (Lipinski definition) is 1. The van der Waals surface area contributed by atoms with E-state index in [-0.39, 0.29) is 6.10 Å². The van der Waals surface area contributed by atoms with Gasteiger partial charge in [-0.3, -0.25) is 0 Å². The average molecular weight is 261 g/mol. The van der Waals surface area contributed by atoms with Crippen molar-refractivity contribution in [1.29, 1.82) is 0 Å². The van der Waals surface area contributed by atoms with Gasteiger partial charge in [0.15, 0.2) is 0 Å². The van der Waals surface area contributed by atoms with Crippen molar-refractivity contribution >= 4 is 0 Å². The van der Waals surface area contributed by atoms with Gasteiger partial charge in [-0.05, 0) is 49.3 Å². The second kappa shape index (κ2) is 6.95. The van der Waals surface area contributed by atoms with Crippen LogP contribution >= 0.6 is 0 Å². The zero-order valence-electron chi connectivity index (χ0n) is 12.5. The molecule has 0 saturated heterocycles. The maximum atomic E-state index is 6.05. The zero-order valence-corrected chi connectivity index (χ0v) is 12.5. The molecule has 1 fully saturated rings. The lowest BCUT2D eigenvalue weighted by atomic mass is 9.99. The lowest BCUT2D eigenvalue weighted by Crippen LogP contribution is -2.32. The van der Waals surface area contributed by atoms with Crippen LogP contribution in [0.1, 0.15) is 57.9 Å². The largest absolute Gasteiger partial charge is 0.489 e. The molecule has 0 heterocycles. The van der Waals surface area contributed by atoms with Gasteiger partial charge in [0.05, 0.1) is 0 Å². The minimum atomic E-state index is 0.287. The van der Waals surface area contributed by atoms with Gasteiger partial charge in [0, 0.05) is 12.6 Å². The van der Waals surface area contributed by atoms with Crippen molar-refractivity contribution in [2.24, 2.45) is 0 Å². The molecule has 0 bridgehead atoms. The van der Waals surface area contributed by atoms with Crippen molar-refractivity contribution in [2.75, 3.05) is 6.54 Å². The summed E-state index contributed by atoms with van der Waals surface area (Å²) in [4.78, 5) is 0. The van der Waals surface area contributed by atoms with Crippen LogP contribution in [0.5, 0.6) is 5.75 Å². The van der Waals surface area contributed by atoms with Gasteiger partial charge < -0.3 is 10.1 Å². The number of benzene rings is 1. The molecule has 1 saturated carbocycles. The Bertz CT molecular complexity index is 369. The van der Waals surface area contributed by atoms with Crippen LogP contribution in [0.15, 0.2) is 24.3 Å². The standard InChI is InChI=1S/C17H27NO/c1-4-13(3)14-6-10-17(11-7-14)19-16(5-2)12-18-15-8-9-15/h6-7,10-11,13,15-16,18H,4-5,8-9,12H2,1-3H3. The van der Waals surface area contributed by atoms with Gasteiger partial charge in [-0.25, -0.2) is 0 Å². The molecular weight excluding hydrogens is 234 g/mol. The molecule has 2 nitrogen and oxygen atoms in total. The molecule has 0 aromatic heterocycles. The fourth-order valence-electron chi connectivity index (χ4n) is 2.16. The quantitative estimate of drug-likeness (QED) is 0.760. The molecule has 2 heteroatoms. The number of ether oxygens (including phenoxy) is 1. The van der Waals surface area contributed by atoms with Crippen LogP contribution in [0.3, 0.4) is 0 Å². The normalized spacial score (nSPS) is 18.1. The van der Waals surface area contributed by atoms with Crippen LogP contribution in [0.2, 0.25) is 0 Å². The van der Waals surface area contributed by atoms with Gasteiger partial charge in [0.1, 0.15) is 11.9 Å². The van der Waals surface area contributed by atoms with Gasteiger partial charge >= 0.3 is 0 Å². The van der Waals surface area contributed by atoms with Crippen LogP contribution in [-0.4, -0.2) is 18.7 Å². The molecular formula is C17H27NO. The number of rotatable bonds is 8. The molecule has 0 aliphatic heterocycles. The third-order valence-electron chi connectivity index (χ3n) is 4.03. The van der Waals surface area contributed by atoms with E-state index in [1.165, 1.54) is 24.8 Å². The summed E-state index contributed by atoms with van der Waals surface area (Å²) >= 11 is 0. The third-order valence-corrected chi connectivity index (χ3v) is 4.03. The van der Waals surface area contributed by atoms with Crippen molar-refractivity contribution in [3.05, 3.63) is 29.8 Å². The molecule has 2 unspecified atom stereocenters. The van der Waals surface area contributed by atoms with E-state index < -0.39 is 0 Å². The van der Waals surface area contributed by atoms with Gasteiger partial charge in [0.25, 0.3) is 0 Å². The Morgan fingerprint density at radius 2 is 1.84 bits per heavy atom. The van der Waals surface area contributed by atoms with E-state index >= 15 is 0 Å². The monoisotopic (exact) mass is 261 g/mol. The van der Waals surface area contributed by atoms with Gasteiger partial charge in [-0.2, -0.15) is 0 Å². The van der Waals surface area contributed by atoms with E-state index in [2.05, 4.69) is 50.4 Å². The van der Waals surface area contributed by atoms with E-state index in [1.807, 2.05) is 0 Å². The van der Waals surface area contributed by atoms with Crippen LogP contribution in [0, 0.1) is 0 Å². The molecule has 19 heavy (non-hydrogen) atoms. The highest BCUT2D eigenvalue weighted by atomic mass is 16.5. The predicted octanol–water partition coefficient (Wildman–Crippen LogP) is 4.11. The first-order valence-corrected chi connectivity index (χ1v) is 7.72. The van der Waals surface area contributed by atoms with Crippen molar-refractivity contribution in [3.63, 3.8) is 0 Å². The van der Waals surface area contributed by atoms with E-state index in [9.17, 15) is 0 Å². The summed E-state index contributed by atoms with van der Waals surface area (Å²) in [6.07, 6.45) is 5.19. The molecule has 2 rings (SSSR count). The van der Waals surface area contributed by atoms with Crippen LogP contribution in [-0.2, 0) is 0 Å². The van der Waals surface area contributed by atoms with Gasteiger partial charge in [-0.15, -0.1) is 0 Å².